The number of hydrogen-bond acceptors (Lipinski definition) is 3. The second kappa shape index (κ2) is 5.64. The first kappa shape index (κ1) is 13.5. The highest BCUT2D eigenvalue weighted by molar-refractivity contribution is 5.85. The maximum atomic E-state index is 12.3. The summed E-state index contributed by atoms with van der Waals surface area (Å²) in [5, 5.41) is 3.22. The highest BCUT2D eigenvalue weighted by Gasteiger charge is 2.33. The fraction of sp³-hybridized carbons (Fsp3) is 0.917. The molecule has 0 atom stereocenters. The number of hydrogen-bond donors (Lipinski definition) is 1. The van der Waals surface area contributed by atoms with E-state index in [0.29, 0.717) is 6.04 Å². The molecule has 4 nitrogen and oxygen atoms in total. The van der Waals surface area contributed by atoms with Crippen molar-refractivity contribution >= 4 is 5.91 Å². The van der Waals surface area contributed by atoms with Crippen molar-refractivity contribution in [3.05, 3.63) is 0 Å². The lowest BCUT2D eigenvalue weighted by atomic mass is 10.00. The van der Waals surface area contributed by atoms with Crippen LogP contribution in [0.25, 0.3) is 0 Å². The molecule has 0 bridgehead atoms. The minimum atomic E-state index is -0.470. The van der Waals surface area contributed by atoms with Gasteiger partial charge in [-0.1, -0.05) is 6.92 Å². The van der Waals surface area contributed by atoms with Gasteiger partial charge in [0.05, 0.1) is 5.54 Å². The molecule has 0 unspecified atom stereocenters. The van der Waals surface area contributed by atoms with Gasteiger partial charge in [0.1, 0.15) is 0 Å². The van der Waals surface area contributed by atoms with Gasteiger partial charge in [-0.05, 0) is 33.2 Å². The molecule has 0 spiro atoms. The molecule has 1 saturated heterocycles. The van der Waals surface area contributed by atoms with Crippen molar-refractivity contribution in [2.24, 2.45) is 0 Å². The molecule has 94 valence electrons. The fourth-order valence-corrected chi connectivity index (χ4v) is 2.20. The van der Waals surface area contributed by atoms with Gasteiger partial charge >= 0.3 is 0 Å². The van der Waals surface area contributed by atoms with E-state index in [1.165, 1.54) is 0 Å². The normalized spacial score (nSPS) is 18.5. The van der Waals surface area contributed by atoms with Crippen molar-refractivity contribution in [2.45, 2.75) is 45.2 Å². The van der Waals surface area contributed by atoms with Crippen molar-refractivity contribution < 1.29 is 9.53 Å². The molecule has 0 aromatic heterocycles. The molecule has 0 aromatic carbocycles. The maximum Gasteiger partial charge on any atom is 0.242 e. The number of amides is 1. The van der Waals surface area contributed by atoms with Gasteiger partial charge in [-0.15, -0.1) is 0 Å². The van der Waals surface area contributed by atoms with Gasteiger partial charge in [-0.2, -0.15) is 0 Å². The molecular formula is C12H24N2O2. The van der Waals surface area contributed by atoms with Crippen molar-refractivity contribution in [2.75, 3.05) is 26.8 Å². The van der Waals surface area contributed by atoms with E-state index in [-0.39, 0.29) is 5.91 Å². The Morgan fingerprint density at radius 1 is 1.44 bits per heavy atom. The van der Waals surface area contributed by atoms with Crippen LogP contribution in [-0.2, 0) is 9.53 Å². The Morgan fingerprint density at radius 2 is 2.00 bits per heavy atom. The monoisotopic (exact) mass is 228 g/mol. The first-order valence-corrected chi connectivity index (χ1v) is 6.09. The topological polar surface area (TPSA) is 41.6 Å². The molecule has 1 amide bonds. The lowest BCUT2D eigenvalue weighted by molar-refractivity contribution is -0.139. The van der Waals surface area contributed by atoms with Gasteiger partial charge in [0.15, 0.2) is 0 Å². The maximum absolute atomic E-state index is 12.3. The zero-order chi connectivity index (χ0) is 12.2. The van der Waals surface area contributed by atoms with Gasteiger partial charge in [0, 0.05) is 26.3 Å². The highest BCUT2D eigenvalue weighted by Crippen LogP contribution is 2.16. The Bertz CT molecular complexity index is 235. The van der Waals surface area contributed by atoms with Crippen LogP contribution in [-0.4, -0.2) is 49.2 Å². The van der Waals surface area contributed by atoms with E-state index in [0.717, 1.165) is 32.6 Å². The highest BCUT2D eigenvalue weighted by atomic mass is 16.5. The minimum absolute atomic E-state index is 0.168. The number of ether oxygens (including phenoxy) is 1. The largest absolute Gasteiger partial charge is 0.381 e. The third-order valence-corrected chi connectivity index (χ3v) is 3.21. The Labute approximate surface area is 98.3 Å². The Balaban J connectivity index is 2.57. The van der Waals surface area contributed by atoms with Crippen molar-refractivity contribution in [1.82, 2.24) is 10.2 Å². The fourth-order valence-electron chi connectivity index (χ4n) is 2.20. The van der Waals surface area contributed by atoms with Crippen molar-refractivity contribution in [1.29, 1.82) is 0 Å². The standard InChI is InChI=1S/C12H24N2O2/c1-5-13-12(2,3)11(15)14(4)10-6-8-16-9-7-10/h10,13H,5-9H2,1-4H3. The summed E-state index contributed by atoms with van der Waals surface area (Å²) < 4.78 is 5.31. The van der Waals surface area contributed by atoms with E-state index in [1.54, 1.807) is 0 Å². The SMILES string of the molecule is CCNC(C)(C)C(=O)N(C)C1CCOCC1. The summed E-state index contributed by atoms with van der Waals surface area (Å²) in [6, 6.07) is 0.333. The number of rotatable bonds is 4. The minimum Gasteiger partial charge on any atom is -0.381 e. The Kier molecular flexibility index (Phi) is 4.74. The molecule has 1 aliphatic heterocycles. The summed E-state index contributed by atoms with van der Waals surface area (Å²) in [4.78, 5) is 14.2. The van der Waals surface area contributed by atoms with Gasteiger partial charge in [-0.25, -0.2) is 0 Å². The second-order valence-corrected chi connectivity index (χ2v) is 4.91. The summed E-state index contributed by atoms with van der Waals surface area (Å²) in [5.41, 5.74) is -0.470. The molecule has 1 rings (SSSR count). The molecule has 1 fully saturated rings. The summed E-state index contributed by atoms with van der Waals surface area (Å²) in [6.07, 6.45) is 1.90. The molecule has 1 heterocycles. The predicted octanol–water partition coefficient (Wildman–Crippen LogP) is 1.01. The summed E-state index contributed by atoms with van der Waals surface area (Å²) >= 11 is 0. The van der Waals surface area contributed by atoms with Crippen LogP contribution in [0.4, 0.5) is 0 Å². The zero-order valence-electron chi connectivity index (χ0n) is 10.9. The van der Waals surface area contributed by atoms with Crippen LogP contribution in [0.1, 0.15) is 33.6 Å². The van der Waals surface area contributed by atoms with Gasteiger partial charge < -0.3 is 15.0 Å². The van der Waals surface area contributed by atoms with Gasteiger partial charge in [-0.3, -0.25) is 4.79 Å². The van der Waals surface area contributed by atoms with Crippen LogP contribution in [0.3, 0.4) is 0 Å². The summed E-state index contributed by atoms with van der Waals surface area (Å²) in [6.45, 7) is 8.24. The van der Waals surface area contributed by atoms with Crippen molar-refractivity contribution in [3.63, 3.8) is 0 Å². The van der Waals surface area contributed by atoms with E-state index in [2.05, 4.69) is 5.32 Å². The third-order valence-electron chi connectivity index (χ3n) is 3.21. The number of carbonyl (C=O) groups excluding carboxylic acids is 1. The van der Waals surface area contributed by atoms with Crippen LogP contribution in [0.2, 0.25) is 0 Å². The van der Waals surface area contributed by atoms with E-state index in [9.17, 15) is 4.79 Å². The van der Waals surface area contributed by atoms with Crippen molar-refractivity contribution in [3.8, 4) is 0 Å². The molecule has 4 heteroatoms. The lowest BCUT2D eigenvalue weighted by Crippen LogP contribution is -2.56. The van der Waals surface area contributed by atoms with E-state index in [1.807, 2.05) is 32.7 Å². The van der Waals surface area contributed by atoms with Gasteiger partial charge in [0.2, 0.25) is 5.91 Å². The first-order chi connectivity index (χ1) is 7.49. The molecule has 0 radical (unpaired) electrons. The first-order valence-electron chi connectivity index (χ1n) is 6.09. The number of likely N-dealkylation sites (N-methyl/N-ethyl adjacent to an activating group) is 2. The number of carbonyl (C=O) groups is 1. The summed E-state index contributed by atoms with van der Waals surface area (Å²) in [7, 11) is 1.90. The predicted molar refractivity (Wildman–Crippen MR) is 64.4 cm³/mol. The smallest absolute Gasteiger partial charge is 0.242 e. The molecule has 1 N–H and O–H groups in total. The van der Waals surface area contributed by atoms with Crippen LogP contribution < -0.4 is 5.32 Å². The van der Waals surface area contributed by atoms with E-state index >= 15 is 0 Å². The molecule has 0 saturated carbocycles. The van der Waals surface area contributed by atoms with Gasteiger partial charge in [0.25, 0.3) is 0 Å². The van der Waals surface area contributed by atoms with Crippen LogP contribution >= 0.6 is 0 Å². The average molecular weight is 228 g/mol. The number of nitrogens with one attached hydrogen (secondary N) is 1. The Hall–Kier alpha value is -0.610. The molecule has 1 aliphatic rings. The molecule has 0 aliphatic carbocycles. The van der Waals surface area contributed by atoms with Crippen LogP contribution in [0.15, 0.2) is 0 Å². The van der Waals surface area contributed by atoms with Crippen LogP contribution in [0, 0.1) is 0 Å². The lowest BCUT2D eigenvalue weighted by Gasteiger charge is -2.36. The van der Waals surface area contributed by atoms with E-state index < -0.39 is 5.54 Å². The third kappa shape index (κ3) is 3.19. The van der Waals surface area contributed by atoms with Crippen LogP contribution in [0.5, 0.6) is 0 Å². The van der Waals surface area contributed by atoms with E-state index in [4.69, 9.17) is 4.74 Å². The second-order valence-electron chi connectivity index (χ2n) is 4.91. The zero-order valence-corrected chi connectivity index (χ0v) is 10.9. The molecule has 16 heavy (non-hydrogen) atoms. The molecule has 0 aromatic rings. The molecular weight excluding hydrogens is 204 g/mol. The quantitative estimate of drug-likeness (QED) is 0.781. The Morgan fingerprint density at radius 3 is 2.50 bits per heavy atom. The summed E-state index contributed by atoms with van der Waals surface area (Å²) in [5.74, 6) is 0.168. The number of nitrogens with zero attached hydrogens (tertiary/aromatic N) is 1. The average Bonchev–Trinajstić information content (AvgIpc) is 2.28.